The van der Waals surface area contributed by atoms with Crippen LogP contribution in [0.1, 0.15) is 31.1 Å². The molecule has 0 amide bonds. The van der Waals surface area contributed by atoms with E-state index in [1.165, 1.54) is 0 Å². The SMILES string of the molecule is CCOCC(Nc1ccc(C(=O)O)c(Br)c1)C(C)C. The first kappa shape index (κ1) is 16.0. The molecule has 0 radical (unpaired) electrons. The summed E-state index contributed by atoms with van der Waals surface area (Å²) in [7, 11) is 0. The van der Waals surface area contributed by atoms with Gasteiger partial charge in [0, 0.05) is 16.8 Å². The molecule has 0 saturated carbocycles. The Morgan fingerprint density at radius 3 is 2.63 bits per heavy atom. The number of carboxylic acid groups (broad SMARTS) is 1. The smallest absolute Gasteiger partial charge is 0.336 e. The lowest BCUT2D eigenvalue weighted by Gasteiger charge is -2.23. The Bertz CT molecular complexity index is 435. The zero-order valence-corrected chi connectivity index (χ0v) is 13.0. The number of benzene rings is 1. The van der Waals surface area contributed by atoms with E-state index in [0.29, 0.717) is 23.6 Å². The van der Waals surface area contributed by atoms with Crippen molar-refractivity contribution in [2.24, 2.45) is 5.92 Å². The molecule has 1 atom stereocenters. The minimum Gasteiger partial charge on any atom is -0.478 e. The Kier molecular flexibility index (Phi) is 6.31. The van der Waals surface area contributed by atoms with E-state index in [2.05, 4.69) is 35.1 Å². The Balaban J connectivity index is 2.79. The molecule has 0 saturated heterocycles. The Labute approximate surface area is 122 Å². The zero-order chi connectivity index (χ0) is 14.4. The third-order valence-corrected chi connectivity index (χ3v) is 3.51. The average Bonchev–Trinajstić information content (AvgIpc) is 2.33. The van der Waals surface area contributed by atoms with Crippen molar-refractivity contribution in [3.63, 3.8) is 0 Å². The number of hydrogen-bond donors (Lipinski definition) is 2. The van der Waals surface area contributed by atoms with E-state index in [9.17, 15) is 4.79 Å². The summed E-state index contributed by atoms with van der Waals surface area (Å²) < 4.78 is 6.03. The Morgan fingerprint density at radius 2 is 2.16 bits per heavy atom. The van der Waals surface area contributed by atoms with Gasteiger partial charge in [-0.05, 0) is 47.0 Å². The second kappa shape index (κ2) is 7.50. The Morgan fingerprint density at radius 1 is 1.47 bits per heavy atom. The van der Waals surface area contributed by atoms with E-state index in [4.69, 9.17) is 9.84 Å². The summed E-state index contributed by atoms with van der Waals surface area (Å²) >= 11 is 3.28. The molecule has 0 spiro atoms. The molecule has 1 aromatic rings. The highest BCUT2D eigenvalue weighted by atomic mass is 79.9. The highest BCUT2D eigenvalue weighted by molar-refractivity contribution is 9.10. The van der Waals surface area contributed by atoms with Crippen LogP contribution in [0.15, 0.2) is 22.7 Å². The molecule has 4 nitrogen and oxygen atoms in total. The number of rotatable bonds is 7. The fourth-order valence-electron chi connectivity index (χ4n) is 1.64. The van der Waals surface area contributed by atoms with Crippen LogP contribution >= 0.6 is 15.9 Å². The number of nitrogens with one attached hydrogen (secondary N) is 1. The van der Waals surface area contributed by atoms with Crippen molar-refractivity contribution >= 4 is 27.6 Å². The summed E-state index contributed by atoms with van der Waals surface area (Å²) in [5.41, 5.74) is 1.15. The first-order chi connectivity index (χ1) is 8.95. The first-order valence-corrected chi connectivity index (χ1v) is 7.12. The normalized spacial score (nSPS) is 12.5. The number of anilines is 1. The maximum Gasteiger partial charge on any atom is 0.336 e. The molecule has 0 aliphatic heterocycles. The molecule has 1 rings (SSSR count). The second-order valence-corrected chi connectivity index (χ2v) is 5.51. The quantitative estimate of drug-likeness (QED) is 0.802. The van der Waals surface area contributed by atoms with Gasteiger partial charge in [0.25, 0.3) is 0 Å². The number of carbonyl (C=O) groups is 1. The van der Waals surface area contributed by atoms with Gasteiger partial charge in [0.2, 0.25) is 0 Å². The van der Waals surface area contributed by atoms with Crippen LogP contribution in [0.4, 0.5) is 5.69 Å². The van der Waals surface area contributed by atoms with Gasteiger partial charge >= 0.3 is 5.97 Å². The molecule has 106 valence electrons. The molecular formula is C14H20BrNO3. The van der Waals surface area contributed by atoms with Crippen LogP contribution < -0.4 is 5.32 Å². The van der Waals surface area contributed by atoms with Crippen molar-refractivity contribution in [1.29, 1.82) is 0 Å². The summed E-state index contributed by atoms with van der Waals surface area (Å²) in [6.45, 7) is 7.53. The molecule has 19 heavy (non-hydrogen) atoms. The summed E-state index contributed by atoms with van der Waals surface area (Å²) in [5, 5.41) is 12.3. The molecule has 2 N–H and O–H groups in total. The van der Waals surface area contributed by atoms with Crippen molar-refractivity contribution in [2.45, 2.75) is 26.8 Å². The van der Waals surface area contributed by atoms with E-state index in [1.54, 1.807) is 18.2 Å². The molecular weight excluding hydrogens is 310 g/mol. The molecule has 1 aromatic carbocycles. The van der Waals surface area contributed by atoms with Gasteiger partial charge in [-0.15, -0.1) is 0 Å². The van der Waals surface area contributed by atoms with Crippen molar-refractivity contribution in [1.82, 2.24) is 0 Å². The summed E-state index contributed by atoms with van der Waals surface area (Å²) in [6, 6.07) is 5.34. The van der Waals surface area contributed by atoms with Gasteiger partial charge in [-0.1, -0.05) is 13.8 Å². The lowest BCUT2D eigenvalue weighted by atomic mass is 10.0. The van der Waals surface area contributed by atoms with Gasteiger partial charge in [-0.25, -0.2) is 4.79 Å². The standard InChI is InChI=1S/C14H20BrNO3/c1-4-19-8-13(9(2)3)16-10-5-6-11(14(17)18)12(15)7-10/h5-7,9,13,16H,4,8H2,1-3H3,(H,17,18). The fourth-order valence-corrected chi connectivity index (χ4v) is 2.19. The van der Waals surface area contributed by atoms with Crippen LogP contribution in [0.5, 0.6) is 0 Å². The molecule has 0 aromatic heterocycles. The number of carboxylic acids is 1. The molecule has 0 heterocycles. The molecule has 1 unspecified atom stereocenters. The summed E-state index contributed by atoms with van der Waals surface area (Å²) in [4.78, 5) is 10.9. The minimum absolute atomic E-state index is 0.197. The number of ether oxygens (including phenoxy) is 1. The number of aromatic carboxylic acids is 1. The number of halogens is 1. The second-order valence-electron chi connectivity index (χ2n) is 4.65. The third-order valence-electron chi connectivity index (χ3n) is 2.86. The predicted molar refractivity (Wildman–Crippen MR) is 79.8 cm³/mol. The van der Waals surface area contributed by atoms with Gasteiger partial charge in [-0.2, -0.15) is 0 Å². The molecule has 0 aliphatic carbocycles. The van der Waals surface area contributed by atoms with E-state index in [0.717, 1.165) is 5.69 Å². The lowest BCUT2D eigenvalue weighted by Crippen LogP contribution is -2.31. The van der Waals surface area contributed by atoms with Crippen molar-refractivity contribution in [3.8, 4) is 0 Å². The summed E-state index contributed by atoms with van der Waals surface area (Å²) in [5.74, 6) is -0.516. The number of hydrogen-bond acceptors (Lipinski definition) is 3. The van der Waals surface area contributed by atoms with Crippen molar-refractivity contribution in [3.05, 3.63) is 28.2 Å². The minimum atomic E-state index is -0.937. The highest BCUT2D eigenvalue weighted by Crippen LogP contribution is 2.23. The zero-order valence-electron chi connectivity index (χ0n) is 11.4. The van der Waals surface area contributed by atoms with Gasteiger partial charge in [-0.3, -0.25) is 0 Å². The van der Waals surface area contributed by atoms with Gasteiger partial charge in [0.1, 0.15) is 0 Å². The monoisotopic (exact) mass is 329 g/mol. The van der Waals surface area contributed by atoms with E-state index < -0.39 is 5.97 Å². The van der Waals surface area contributed by atoms with E-state index >= 15 is 0 Å². The van der Waals surface area contributed by atoms with Crippen LogP contribution in [0.25, 0.3) is 0 Å². The topological polar surface area (TPSA) is 58.6 Å². The summed E-state index contributed by atoms with van der Waals surface area (Å²) in [6.07, 6.45) is 0. The van der Waals surface area contributed by atoms with E-state index in [-0.39, 0.29) is 11.6 Å². The maximum atomic E-state index is 10.9. The van der Waals surface area contributed by atoms with Gasteiger partial charge in [0.15, 0.2) is 0 Å². The van der Waals surface area contributed by atoms with Crippen LogP contribution in [-0.2, 0) is 4.74 Å². The van der Waals surface area contributed by atoms with Crippen LogP contribution in [-0.4, -0.2) is 30.3 Å². The van der Waals surface area contributed by atoms with Crippen LogP contribution in [0.3, 0.4) is 0 Å². The highest BCUT2D eigenvalue weighted by Gasteiger charge is 2.15. The fraction of sp³-hybridized carbons (Fsp3) is 0.500. The van der Waals surface area contributed by atoms with E-state index in [1.807, 2.05) is 6.92 Å². The van der Waals surface area contributed by atoms with Gasteiger partial charge in [0.05, 0.1) is 18.2 Å². The predicted octanol–water partition coefficient (Wildman–Crippen LogP) is 3.62. The third kappa shape index (κ3) is 4.84. The van der Waals surface area contributed by atoms with Crippen molar-refractivity contribution < 1.29 is 14.6 Å². The Hall–Kier alpha value is -1.07. The first-order valence-electron chi connectivity index (χ1n) is 6.32. The van der Waals surface area contributed by atoms with Crippen molar-refractivity contribution in [2.75, 3.05) is 18.5 Å². The largest absolute Gasteiger partial charge is 0.478 e. The average molecular weight is 330 g/mol. The molecule has 0 fully saturated rings. The molecule has 0 aliphatic rings. The molecule has 0 bridgehead atoms. The van der Waals surface area contributed by atoms with Crippen LogP contribution in [0.2, 0.25) is 0 Å². The lowest BCUT2D eigenvalue weighted by molar-refractivity contribution is 0.0696. The molecule has 5 heteroatoms. The maximum absolute atomic E-state index is 10.9. The van der Waals surface area contributed by atoms with Crippen LogP contribution in [0, 0.1) is 5.92 Å². The van der Waals surface area contributed by atoms with Gasteiger partial charge < -0.3 is 15.2 Å².